The Kier molecular flexibility index (Phi) is 5.36. The van der Waals surface area contributed by atoms with Crippen LogP contribution in [0, 0.1) is 0 Å². The second-order valence-corrected chi connectivity index (χ2v) is 5.68. The van der Waals surface area contributed by atoms with E-state index in [-0.39, 0.29) is 11.7 Å². The number of nitrogen functional groups attached to an aromatic ring is 1. The number of hydrogen-bond acceptors (Lipinski definition) is 4. The molecule has 0 aliphatic rings. The zero-order valence-electron chi connectivity index (χ0n) is 11.4. The van der Waals surface area contributed by atoms with Crippen molar-refractivity contribution in [2.45, 2.75) is 4.90 Å². The minimum atomic E-state index is -0.110. The molecule has 2 aromatic rings. The summed E-state index contributed by atoms with van der Waals surface area (Å²) in [6, 6.07) is 12.4. The summed E-state index contributed by atoms with van der Waals surface area (Å²) in [5, 5.41) is 3.36. The summed E-state index contributed by atoms with van der Waals surface area (Å²) < 4.78 is 5.11. The van der Waals surface area contributed by atoms with Crippen LogP contribution in [0.5, 0.6) is 5.75 Å². The molecular formula is C15H15ClN2O2S. The van der Waals surface area contributed by atoms with E-state index < -0.39 is 0 Å². The molecule has 3 N–H and O–H groups in total. The lowest BCUT2D eigenvalue weighted by molar-refractivity contribution is -0.113. The van der Waals surface area contributed by atoms with Crippen molar-refractivity contribution in [3.8, 4) is 5.75 Å². The highest BCUT2D eigenvalue weighted by Gasteiger charge is 2.07. The van der Waals surface area contributed by atoms with Gasteiger partial charge in [-0.2, -0.15) is 0 Å². The largest absolute Gasteiger partial charge is 0.497 e. The van der Waals surface area contributed by atoms with Gasteiger partial charge in [-0.25, -0.2) is 0 Å². The van der Waals surface area contributed by atoms with E-state index >= 15 is 0 Å². The maximum absolute atomic E-state index is 11.9. The lowest BCUT2D eigenvalue weighted by Gasteiger charge is -2.08. The van der Waals surface area contributed by atoms with Crippen LogP contribution < -0.4 is 15.8 Å². The monoisotopic (exact) mass is 322 g/mol. The van der Waals surface area contributed by atoms with Crippen LogP contribution in [0.25, 0.3) is 0 Å². The number of rotatable bonds is 5. The van der Waals surface area contributed by atoms with Gasteiger partial charge in [0.2, 0.25) is 5.91 Å². The van der Waals surface area contributed by atoms with E-state index in [2.05, 4.69) is 5.32 Å². The van der Waals surface area contributed by atoms with Crippen molar-refractivity contribution in [3.63, 3.8) is 0 Å². The molecule has 2 aromatic carbocycles. The average molecular weight is 323 g/mol. The van der Waals surface area contributed by atoms with Crippen molar-refractivity contribution >= 4 is 40.6 Å². The maximum Gasteiger partial charge on any atom is 0.234 e. The fourth-order valence-corrected chi connectivity index (χ4v) is 2.75. The van der Waals surface area contributed by atoms with Gasteiger partial charge >= 0.3 is 0 Å². The molecule has 0 heterocycles. The average Bonchev–Trinajstić information content (AvgIpc) is 2.46. The highest BCUT2D eigenvalue weighted by Crippen LogP contribution is 2.29. The first-order chi connectivity index (χ1) is 10.1. The molecule has 0 spiro atoms. The van der Waals surface area contributed by atoms with Crippen molar-refractivity contribution in [1.82, 2.24) is 0 Å². The van der Waals surface area contributed by atoms with Gasteiger partial charge in [0, 0.05) is 22.3 Å². The molecule has 0 unspecified atom stereocenters. The van der Waals surface area contributed by atoms with Gasteiger partial charge in [0.1, 0.15) is 5.75 Å². The van der Waals surface area contributed by atoms with E-state index in [0.717, 1.165) is 4.90 Å². The highest BCUT2D eigenvalue weighted by molar-refractivity contribution is 8.00. The number of benzene rings is 2. The van der Waals surface area contributed by atoms with E-state index in [0.29, 0.717) is 22.1 Å². The molecule has 0 fully saturated rings. The van der Waals surface area contributed by atoms with Gasteiger partial charge in [0.25, 0.3) is 0 Å². The Morgan fingerprint density at radius 2 is 2.14 bits per heavy atom. The van der Waals surface area contributed by atoms with Crippen molar-refractivity contribution < 1.29 is 9.53 Å². The first-order valence-electron chi connectivity index (χ1n) is 6.20. The molecule has 0 atom stereocenters. The Balaban J connectivity index is 1.92. The normalized spacial score (nSPS) is 10.2. The van der Waals surface area contributed by atoms with E-state index in [1.54, 1.807) is 37.4 Å². The molecule has 0 aromatic heterocycles. The Morgan fingerprint density at radius 1 is 1.33 bits per heavy atom. The summed E-state index contributed by atoms with van der Waals surface area (Å²) >= 11 is 7.43. The third kappa shape index (κ3) is 4.58. The standard InChI is InChI=1S/C15H15ClN2O2S/c1-20-12-4-2-3-11(8-12)18-15(19)9-21-14-6-5-10(17)7-13(14)16/h2-8H,9,17H2,1H3,(H,18,19). The molecule has 6 heteroatoms. The minimum Gasteiger partial charge on any atom is -0.497 e. The fourth-order valence-electron chi connectivity index (χ4n) is 1.68. The summed E-state index contributed by atoms with van der Waals surface area (Å²) in [6.45, 7) is 0. The van der Waals surface area contributed by atoms with Crippen LogP contribution in [-0.4, -0.2) is 18.8 Å². The van der Waals surface area contributed by atoms with Gasteiger partial charge in [0.05, 0.1) is 17.9 Å². The molecule has 0 saturated carbocycles. The van der Waals surface area contributed by atoms with Crippen molar-refractivity contribution in [3.05, 3.63) is 47.5 Å². The number of nitrogens with two attached hydrogens (primary N) is 1. The summed E-state index contributed by atoms with van der Waals surface area (Å²) in [6.07, 6.45) is 0. The van der Waals surface area contributed by atoms with E-state index in [4.69, 9.17) is 22.1 Å². The molecule has 0 radical (unpaired) electrons. The summed E-state index contributed by atoms with van der Waals surface area (Å²) in [5.74, 6) is 0.851. The van der Waals surface area contributed by atoms with Crippen LogP contribution in [0.2, 0.25) is 5.02 Å². The molecule has 0 aliphatic heterocycles. The van der Waals surface area contributed by atoms with Crippen LogP contribution in [0.15, 0.2) is 47.4 Å². The maximum atomic E-state index is 11.9. The van der Waals surface area contributed by atoms with Crippen LogP contribution in [0.3, 0.4) is 0 Å². The van der Waals surface area contributed by atoms with Gasteiger partial charge in [-0.3, -0.25) is 4.79 Å². The van der Waals surface area contributed by atoms with Gasteiger partial charge in [-0.15, -0.1) is 11.8 Å². The lowest BCUT2D eigenvalue weighted by atomic mass is 10.3. The van der Waals surface area contributed by atoms with E-state index in [1.165, 1.54) is 11.8 Å². The third-order valence-electron chi connectivity index (χ3n) is 2.67. The topological polar surface area (TPSA) is 64.3 Å². The number of thioether (sulfide) groups is 1. The number of ether oxygens (including phenoxy) is 1. The molecule has 21 heavy (non-hydrogen) atoms. The SMILES string of the molecule is COc1cccc(NC(=O)CSc2ccc(N)cc2Cl)c1. The van der Waals surface area contributed by atoms with Crippen LogP contribution in [-0.2, 0) is 4.79 Å². The van der Waals surface area contributed by atoms with Crippen molar-refractivity contribution in [1.29, 1.82) is 0 Å². The van der Waals surface area contributed by atoms with Crippen LogP contribution in [0.1, 0.15) is 0 Å². The fraction of sp³-hybridized carbons (Fsp3) is 0.133. The summed E-state index contributed by atoms with van der Waals surface area (Å²) in [4.78, 5) is 12.7. The first-order valence-corrected chi connectivity index (χ1v) is 7.56. The quantitative estimate of drug-likeness (QED) is 0.651. The number of carbonyl (C=O) groups is 1. The molecule has 2 rings (SSSR count). The van der Waals surface area contributed by atoms with Gasteiger partial charge < -0.3 is 15.8 Å². The Morgan fingerprint density at radius 3 is 2.86 bits per heavy atom. The number of halogens is 1. The van der Waals surface area contributed by atoms with E-state index in [9.17, 15) is 4.79 Å². The molecule has 0 bridgehead atoms. The summed E-state index contributed by atoms with van der Waals surface area (Å²) in [5.41, 5.74) is 6.93. The van der Waals surface area contributed by atoms with Crippen molar-refractivity contribution in [2.24, 2.45) is 0 Å². The predicted octanol–water partition coefficient (Wildman–Crippen LogP) is 3.66. The van der Waals surface area contributed by atoms with Crippen LogP contribution >= 0.6 is 23.4 Å². The molecule has 0 aliphatic carbocycles. The number of anilines is 2. The zero-order chi connectivity index (χ0) is 15.2. The van der Waals surface area contributed by atoms with Gasteiger partial charge in [-0.1, -0.05) is 17.7 Å². The van der Waals surface area contributed by atoms with Crippen LogP contribution in [0.4, 0.5) is 11.4 Å². The molecule has 4 nitrogen and oxygen atoms in total. The predicted molar refractivity (Wildman–Crippen MR) is 88.2 cm³/mol. The molecule has 0 saturated heterocycles. The second-order valence-electron chi connectivity index (χ2n) is 4.26. The number of carbonyl (C=O) groups excluding carboxylic acids is 1. The molecular weight excluding hydrogens is 308 g/mol. The Hall–Kier alpha value is -1.85. The van der Waals surface area contributed by atoms with E-state index in [1.807, 2.05) is 12.1 Å². The smallest absolute Gasteiger partial charge is 0.234 e. The van der Waals surface area contributed by atoms with Gasteiger partial charge in [0.15, 0.2) is 0 Å². The third-order valence-corrected chi connectivity index (χ3v) is 4.17. The lowest BCUT2D eigenvalue weighted by Crippen LogP contribution is -2.13. The van der Waals surface area contributed by atoms with Crippen molar-refractivity contribution in [2.75, 3.05) is 23.9 Å². The molecule has 1 amide bonds. The Bertz CT molecular complexity index is 649. The number of nitrogens with one attached hydrogen (secondary N) is 1. The number of methoxy groups -OCH3 is 1. The number of hydrogen-bond donors (Lipinski definition) is 2. The highest BCUT2D eigenvalue weighted by atomic mass is 35.5. The zero-order valence-corrected chi connectivity index (χ0v) is 13.0. The first kappa shape index (κ1) is 15.5. The number of amides is 1. The minimum absolute atomic E-state index is 0.110. The summed E-state index contributed by atoms with van der Waals surface area (Å²) in [7, 11) is 1.58. The van der Waals surface area contributed by atoms with Gasteiger partial charge in [-0.05, 0) is 30.3 Å². The second kappa shape index (κ2) is 7.24. The Labute approximate surface area is 132 Å². The molecule has 110 valence electrons.